The third-order valence-corrected chi connectivity index (χ3v) is 4.85. The van der Waals surface area contributed by atoms with E-state index in [0.717, 1.165) is 12.1 Å². The molecule has 1 aliphatic heterocycles. The monoisotopic (exact) mass is 436 g/mol. The van der Waals surface area contributed by atoms with Crippen LogP contribution in [-0.2, 0) is 15.7 Å². The molecule has 0 atom stereocenters. The summed E-state index contributed by atoms with van der Waals surface area (Å²) in [5.41, 5.74) is -0.146. The van der Waals surface area contributed by atoms with Crippen LogP contribution in [0.1, 0.15) is 22.8 Å². The Kier molecular flexibility index (Phi) is 6.98. The van der Waals surface area contributed by atoms with Crippen molar-refractivity contribution in [1.29, 1.82) is 0 Å². The van der Waals surface area contributed by atoms with E-state index in [2.05, 4.69) is 10.3 Å². The molecule has 0 aliphatic carbocycles. The van der Waals surface area contributed by atoms with Crippen molar-refractivity contribution >= 4 is 23.4 Å². The minimum absolute atomic E-state index is 0.0895. The highest BCUT2D eigenvalue weighted by Crippen LogP contribution is 2.30. The van der Waals surface area contributed by atoms with Gasteiger partial charge in [0, 0.05) is 38.1 Å². The minimum atomic E-state index is -4.43. The number of halogens is 3. The zero-order chi connectivity index (χ0) is 22.4. The van der Waals surface area contributed by atoms with Crippen LogP contribution >= 0.6 is 0 Å². The molecule has 7 nitrogen and oxygen atoms in total. The Morgan fingerprint density at radius 3 is 2.48 bits per heavy atom. The summed E-state index contributed by atoms with van der Waals surface area (Å²) in [6.45, 7) is 3.97. The van der Waals surface area contributed by atoms with E-state index in [4.69, 9.17) is 4.74 Å². The van der Waals surface area contributed by atoms with Crippen LogP contribution in [0.4, 0.5) is 24.7 Å². The Morgan fingerprint density at radius 2 is 1.87 bits per heavy atom. The smallest absolute Gasteiger partial charge is 0.416 e. The quantitative estimate of drug-likeness (QED) is 0.702. The molecule has 0 saturated carbocycles. The number of anilines is 2. The molecule has 1 N–H and O–H groups in total. The fourth-order valence-electron chi connectivity index (χ4n) is 3.19. The number of benzene rings is 1. The maximum absolute atomic E-state index is 12.8. The molecule has 2 heterocycles. The van der Waals surface area contributed by atoms with E-state index in [9.17, 15) is 22.8 Å². The van der Waals surface area contributed by atoms with Crippen molar-refractivity contribution in [1.82, 2.24) is 9.88 Å². The fraction of sp³-hybridized carbons (Fsp3) is 0.381. The van der Waals surface area contributed by atoms with E-state index in [0.29, 0.717) is 44.2 Å². The van der Waals surface area contributed by atoms with E-state index in [-0.39, 0.29) is 18.1 Å². The van der Waals surface area contributed by atoms with Gasteiger partial charge in [-0.15, -0.1) is 0 Å². The van der Waals surface area contributed by atoms with Crippen LogP contribution < -0.4 is 10.2 Å². The highest BCUT2D eigenvalue weighted by molar-refractivity contribution is 5.89. The van der Waals surface area contributed by atoms with E-state index in [1.165, 1.54) is 18.3 Å². The molecule has 1 fully saturated rings. The summed E-state index contributed by atoms with van der Waals surface area (Å²) in [4.78, 5) is 32.1. The standard InChI is InChI=1S/C21H23F3N4O3/c1-2-31-20(30)15-6-7-18(26-13-15)27-8-10-28(11-9-27)19(29)14-25-17-5-3-4-16(12-17)21(22,23)24/h3-7,12-13,25H,2,8-11,14H2,1H3. The maximum atomic E-state index is 12.8. The fourth-order valence-corrected chi connectivity index (χ4v) is 3.19. The first-order chi connectivity index (χ1) is 14.8. The van der Waals surface area contributed by atoms with Gasteiger partial charge in [0.2, 0.25) is 5.91 Å². The van der Waals surface area contributed by atoms with Gasteiger partial charge in [-0.1, -0.05) is 6.07 Å². The van der Waals surface area contributed by atoms with E-state index in [1.807, 2.05) is 4.90 Å². The Morgan fingerprint density at radius 1 is 1.13 bits per heavy atom. The molecular weight excluding hydrogens is 413 g/mol. The number of carbonyl (C=O) groups excluding carboxylic acids is 2. The Labute approximate surface area is 177 Å². The zero-order valence-corrected chi connectivity index (χ0v) is 17.0. The normalized spacial score (nSPS) is 14.3. The number of piperazine rings is 1. The van der Waals surface area contributed by atoms with Gasteiger partial charge >= 0.3 is 12.1 Å². The molecular formula is C21H23F3N4O3. The van der Waals surface area contributed by atoms with Gasteiger partial charge in [-0.3, -0.25) is 4.79 Å². The number of pyridine rings is 1. The van der Waals surface area contributed by atoms with E-state index >= 15 is 0 Å². The number of nitrogens with zero attached hydrogens (tertiary/aromatic N) is 3. The molecule has 1 aliphatic rings. The van der Waals surface area contributed by atoms with Crippen LogP contribution in [0.25, 0.3) is 0 Å². The van der Waals surface area contributed by atoms with E-state index in [1.54, 1.807) is 24.0 Å². The molecule has 2 aromatic rings. The molecule has 0 unspecified atom stereocenters. The molecule has 1 aromatic heterocycles. The second-order valence-electron chi connectivity index (χ2n) is 6.93. The van der Waals surface area contributed by atoms with Crippen LogP contribution in [0, 0.1) is 0 Å². The number of hydrogen-bond donors (Lipinski definition) is 1. The molecule has 3 rings (SSSR count). The van der Waals surface area contributed by atoms with Crippen LogP contribution in [0.2, 0.25) is 0 Å². The molecule has 10 heteroatoms. The number of alkyl halides is 3. The van der Waals surface area contributed by atoms with Gasteiger partial charge in [0.15, 0.2) is 0 Å². The summed E-state index contributed by atoms with van der Waals surface area (Å²) in [7, 11) is 0. The van der Waals surface area contributed by atoms with Gasteiger partial charge in [0.25, 0.3) is 0 Å². The van der Waals surface area contributed by atoms with Gasteiger partial charge in [-0.05, 0) is 37.3 Å². The molecule has 31 heavy (non-hydrogen) atoms. The lowest BCUT2D eigenvalue weighted by Crippen LogP contribution is -2.50. The van der Waals surface area contributed by atoms with Gasteiger partial charge in [0.05, 0.1) is 24.3 Å². The molecule has 166 valence electrons. The minimum Gasteiger partial charge on any atom is -0.462 e. The number of esters is 1. The predicted octanol–water partition coefficient (Wildman–Crippen LogP) is 3.04. The van der Waals surface area contributed by atoms with Crippen LogP contribution in [-0.4, -0.2) is 61.1 Å². The molecule has 1 aromatic carbocycles. The first-order valence-corrected chi connectivity index (χ1v) is 9.85. The number of aromatic nitrogens is 1. The van der Waals surface area contributed by atoms with Gasteiger partial charge in [-0.2, -0.15) is 13.2 Å². The Balaban J connectivity index is 1.49. The number of carbonyl (C=O) groups is 2. The highest BCUT2D eigenvalue weighted by atomic mass is 19.4. The van der Waals surface area contributed by atoms with Crippen molar-refractivity contribution < 1.29 is 27.5 Å². The first-order valence-electron chi connectivity index (χ1n) is 9.85. The third kappa shape index (κ3) is 5.87. The maximum Gasteiger partial charge on any atom is 0.416 e. The Hall–Kier alpha value is -3.30. The number of amides is 1. The van der Waals surface area contributed by atoms with Crippen LogP contribution in [0.15, 0.2) is 42.6 Å². The lowest BCUT2D eigenvalue weighted by molar-refractivity contribution is -0.137. The lowest BCUT2D eigenvalue weighted by atomic mass is 10.2. The first kappa shape index (κ1) is 22.4. The van der Waals surface area contributed by atoms with E-state index < -0.39 is 17.7 Å². The average molecular weight is 436 g/mol. The topological polar surface area (TPSA) is 74.8 Å². The predicted molar refractivity (Wildman–Crippen MR) is 109 cm³/mol. The SMILES string of the molecule is CCOC(=O)c1ccc(N2CCN(C(=O)CNc3cccc(C(F)(F)F)c3)CC2)nc1. The van der Waals surface area contributed by atoms with Gasteiger partial charge < -0.3 is 19.9 Å². The number of hydrogen-bond acceptors (Lipinski definition) is 6. The van der Waals surface area contributed by atoms with Crippen molar-refractivity contribution in [2.45, 2.75) is 13.1 Å². The number of nitrogens with one attached hydrogen (secondary N) is 1. The molecule has 0 spiro atoms. The third-order valence-electron chi connectivity index (χ3n) is 4.85. The summed E-state index contributed by atoms with van der Waals surface area (Å²) < 4.78 is 43.3. The van der Waals surface area contributed by atoms with Crippen LogP contribution in [0.5, 0.6) is 0 Å². The summed E-state index contributed by atoms with van der Waals surface area (Å²) in [6, 6.07) is 8.15. The molecule has 0 radical (unpaired) electrons. The largest absolute Gasteiger partial charge is 0.462 e. The second kappa shape index (κ2) is 9.67. The Bertz CT molecular complexity index is 911. The van der Waals surface area contributed by atoms with Crippen molar-refractivity contribution in [3.05, 3.63) is 53.7 Å². The molecule has 1 amide bonds. The summed E-state index contributed by atoms with van der Waals surface area (Å²) in [6.07, 6.45) is -2.97. The van der Waals surface area contributed by atoms with Crippen molar-refractivity contribution in [3.63, 3.8) is 0 Å². The van der Waals surface area contributed by atoms with Crippen molar-refractivity contribution in [3.8, 4) is 0 Å². The average Bonchev–Trinajstić information content (AvgIpc) is 2.77. The van der Waals surface area contributed by atoms with Gasteiger partial charge in [0.1, 0.15) is 5.82 Å². The zero-order valence-electron chi connectivity index (χ0n) is 17.0. The molecule has 1 saturated heterocycles. The number of rotatable bonds is 6. The summed E-state index contributed by atoms with van der Waals surface area (Å²) >= 11 is 0. The van der Waals surface area contributed by atoms with Crippen molar-refractivity contribution in [2.24, 2.45) is 0 Å². The summed E-state index contributed by atoms with van der Waals surface area (Å²) in [5.74, 6) is 0.0788. The van der Waals surface area contributed by atoms with Gasteiger partial charge in [-0.25, -0.2) is 9.78 Å². The highest BCUT2D eigenvalue weighted by Gasteiger charge is 2.30. The van der Waals surface area contributed by atoms with Crippen molar-refractivity contribution in [2.75, 3.05) is 49.5 Å². The lowest BCUT2D eigenvalue weighted by Gasteiger charge is -2.35. The second-order valence-corrected chi connectivity index (χ2v) is 6.93. The van der Waals surface area contributed by atoms with Crippen LogP contribution in [0.3, 0.4) is 0 Å². The molecule has 0 bridgehead atoms. The number of ether oxygens (including phenoxy) is 1. The summed E-state index contributed by atoms with van der Waals surface area (Å²) in [5, 5.41) is 2.76.